The number of benzene rings is 1. The van der Waals surface area contributed by atoms with Crippen LogP contribution in [0.2, 0.25) is 0 Å². The van der Waals surface area contributed by atoms with E-state index in [4.69, 9.17) is 5.73 Å². The average molecular weight is 361 g/mol. The number of carbonyl (C=O) groups is 1. The Balaban J connectivity index is 1.65. The molecule has 2 heterocycles. The average Bonchev–Trinajstić information content (AvgIpc) is 3.17. The summed E-state index contributed by atoms with van der Waals surface area (Å²) in [6.45, 7) is 0. The largest absolute Gasteiger partial charge is 0.349 e. The van der Waals surface area contributed by atoms with E-state index in [-0.39, 0.29) is 18.0 Å². The van der Waals surface area contributed by atoms with Gasteiger partial charge in [-0.25, -0.2) is 4.68 Å². The number of nitrogens with zero attached hydrogens (tertiary/aromatic N) is 3. The molecule has 0 bridgehead atoms. The number of nitrogens with two attached hydrogens (primary N) is 1. The van der Waals surface area contributed by atoms with Crippen molar-refractivity contribution < 1.29 is 4.79 Å². The number of carbonyl (C=O) groups excluding carboxylic acids is 1. The molecule has 0 saturated heterocycles. The molecule has 4 rings (SSSR count). The van der Waals surface area contributed by atoms with Gasteiger partial charge in [0.05, 0.1) is 11.3 Å². The van der Waals surface area contributed by atoms with Crippen molar-refractivity contribution in [3.05, 3.63) is 66.6 Å². The summed E-state index contributed by atoms with van der Waals surface area (Å²) in [5, 5.41) is 7.84. The van der Waals surface area contributed by atoms with Gasteiger partial charge in [-0.2, -0.15) is 5.10 Å². The zero-order valence-electron chi connectivity index (χ0n) is 15.1. The van der Waals surface area contributed by atoms with E-state index >= 15 is 0 Å². The van der Waals surface area contributed by atoms with Crippen molar-refractivity contribution >= 4 is 5.91 Å². The van der Waals surface area contributed by atoms with E-state index in [9.17, 15) is 4.79 Å². The third-order valence-electron chi connectivity index (χ3n) is 5.02. The molecule has 1 aromatic carbocycles. The van der Waals surface area contributed by atoms with Crippen molar-refractivity contribution in [3.8, 4) is 16.9 Å². The molecule has 138 valence electrons. The minimum atomic E-state index is -0.100. The van der Waals surface area contributed by atoms with Gasteiger partial charge in [-0.15, -0.1) is 0 Å². The quantitative estimate of drug-likeness (QED) is 0.748. The molecule has 1 amide bonds. The maximum absolute atomic E-state index is 13.0. The number of amides is 1. The molecule has 0 unspecified atom stereocenters. The summed E-state index contributed by atoms with van der Waals surface area (Å²) in [6, 6.07) is 14.0. The molecule has 1 saturated carbocycles. The third-order valence-corrected chi connectivity index (χ3v) is 5.02. The number of pyridine rings is 1. The molecule has 1 aliphatic rings. The van der Waals surface area contributed by atoms with E-state index in [1.165, 1.54) is 0 Å². The van der Waals surface area contributed by atoms with Crippen LogP contribution in [0, 0.1) is 0 Å². The highest BCUT2D eigenvalue weighted by molar-refractivity contribution is 6.00. The van der Waals surface area contributed by atoms with E-state index in [0.29, 0.717) is 11.3 Å². The minimum Gasteiger partial charge on any atom is -0.349 e. The summed E-state index contributed by atoms with van der Waals surface area (Å²) in [6.07, 6.45) is 8.97. The Kier molecular flexibility index (Phi) is 4.98. The van der Waals surface area contributed by atoms with E-state index in [0.717, 1.165) is 36.9 Å². The first-order chi connectivity index (χ1) is 13.2. The van der Waals surface area contributed by atoms with Gasteiger partial charge in [0, 0.05) is 36.2 Å². The second-order valence-corrected chi connectivity index (χ2v) is 7.00. The smallest absolute Gasteiger partial charge is 0.255 e. The van der Waals surface area contributed by atoms with Crippen molar-refractivity contribution in [2.45, 2.75) is 37.8 Å². The Hall–Kier alpha value is -2.99. The van der Waals surface area contributed by atoms with Crippen LogP contribution in [0.5, 0.6) is 0 Å². The molecule has 1 aliphatic carbocycles. The fourth-order valence-electron chi connectivity index (χ4n) is 3.50. The van der Waals surface area contributed by atoms with Crippen molar-refractivity contribution in [2.24, 2.45) is 5.73 Å². The van der Waals surface area contributed by atoms with Gasteiger partial charge in [0.15, 0.2) is 0 Å². The van der Waals surface area contributed by atoms with Crippen LogP contribution in [0.25, 0.3) is 16.9 Å². The number of rotatable bonds is 4. The standard InChI is InChI=1S/C21H23N5O/c22-16-8-10-17(11-9-16)24-21(27)19-14-26(18-6-2-1-3-7-18)25-20(19)15-5-4-12-23-13-15/h1-7,12-14,16-17H,8-11,22H2,(H,24,27). The molecule has 6 nitrogen and oxygen atoms in total. The van der Waals surface area contributed by atoms with E-state index in [1.807, 2.05) is 42.5 Å². The number of hydrogen-bond donors (Lipinski definition) is 2. The van der Waals surface area contributed by atoms with Gasteiger partial charge in [-0.05, 0) is 49.9 Å². The lowest BCUT2D eigenvalue weighted by molar-refractivity contribution is 0.0926. The lowest BCUT2D eigenvalue weighted by Gasteiger charge is -2.26. The molecule has 3 N–H and O–H groups in total. The van der Waals surface area contributed by atoms with Crippen molar-refractivity contribution in [1.29, 1.82) is 0 Å². The van der Waals surface area contributed by atoms with Crippen molar-refractivity contribution in [3.63, 3.8) is 0 Å². The maximum atomic E-state index is 13.0. The molecule has 0 aliphatic heterocycles. The molecule has 0 spiro atoms. The highest BCUT2D eigenvalue weighted by Gasteiger charge is 2.24. The van der Waals surface area contributed by atoms with Crippen molar-refractivity contribution in [1.82, 2.24) is 20.1 Å². The van der Waals surface area contributed by atoms with Crippen LogP contribution in [0.1, 0.15) is 36.0 Å². The van der Waals surface area contributed by atoms with Crippen LogP contribution in [-0.4, -0.2) is 32.8 Å². The van der Waals surface area contributed by atoms with Crippen LogP contribution in [0.15, 0.2) is 61.1 Å². The Morgan fingerprint density at radius 3 is 2.56 bits per heavy atom. The topological polar surface area (TPSA) is 85.8 Å². The Morgan fingerprint density at radius 2 is 1.85 bits per heavy atom. The van der Waals surface area contributed by atoms with Crippen LogP contribution < -0.4 is 11.1 Å². The SMILES string of the molecule is NC1CCC(NC(=O)c2cn(-c3ccccc3)nc2-c2cccnc2)CC1. The Morgan fingerprint density at radius 1 is 1.07 bits per heavy atom. The number of nitrogens with one attached hydrogen (secondary N) is 1. The second kappa shape index (κ2) is 7.72. The van der Waals surface area contributed by atoms with Crippen LogP contribution >= 0.6 is 0 Å². The molecule has 3 aromatic rings. The first-order valence-electron chi connectivity index (χ1n) is 9.32. The fourth-order valence-corrected chi connectivity index (χ4v) is 3.50. The molecule has 2 aromatic heterocycles. The summed E-state index contributed by atoms with van der Waals surface area (Å²) < 4.78 is 1.74. The van der Waals surface area contributed by atoms with Gasteiger partial charge < -0.3 is 11.1 Å². The predicted molar refractivity (Wildman–Crippen MR) is 104 cm³/mol. The minimum absolute atomic E-state index is 0.100. The van der Waals surface area contributed by atoms with Gasteiger partial charge in [-0.1, -0.05) is 18.2 Å². The lowest BCUT2D eigenvalue weighted by Crippen LogP contribution is -2.40. The number of aromatic nitrogens is 3. The highest BCUT2D eigenvalue weighted by Crippen LogP contribution is 2.24. The number of hydrogen-bond acceptors (Lipinski definition) is 4. The van der Waals surface area contributed by atoms with Crippen LogP contribution in [0.4, 0.5) is 0 Å². The van der Waals surface area contributed by atoms with E-state index in [1.54, 1.807) is 23.3 Å². The molecular weight excluding hydrogens is 338 g/mol. The van der Waals surface area contributed by atoms with Gasteiger partial charge >= 0.3 is 0 Å². The van der Waals surface area contributed by atoms with Gasteiger partial charge in [0.2, 0.25) is 0 Å². The summed E-state index contributed by atoms with van der Waals surface area (Å²) in [7, 11) is 0. The zero-order valence-corrected chi connectivity index (χ0v) is 15.1. The number of para-hydroxylation sites is 1. The molecule has 6 heteroatoms. The third kappa shape index (κ3) is 3.90. The first-order valence-corrected chi connectivity index (χ1v) is 9.32. The molecular formula is C21H23N5O. The monoisotopic (exact) mass is 361 g/mol. The van der Waals surface area contributed by atoms with E-state index in [2.05, 4.69) is 15.4 Å². The Bertz CT molecular complexity index is 899. The zero-order chi connectivity index (χ0) is 18.6. The van der Waals surface area contributed by atoms with Gasteiger partial charge in [0.1, 0.15) is 5.69 Å². The van der Waals surface area contributed by atoms with Crippen LogP contribution in [-0.2, 0) is 0 Å². The van der Waals surface area contributed by atoms with E-state index < -0.39 is 0 Å². The molecule has 0 radical (unpaired) electrons. The van der Waals surface area contributed by atoms with Crippen LogP contribution in [0.3, 0.4) is 0 Å². The molecule has 0 atom stereocenters. The second-order valence-electron chi connectivity index (χ2n) is 7.00. The fraction of sp³-hybridized carbons (Fsp3) is 0.286. The summed E-state index contributed by atoms with van der Waals surface area (Å²) in [5.74, 6) is -0.100. The maximum Gasteiger partial charge on any atom is 0.255 e. The summed E-state index contributed by atoms with van der Waals surface area (Å²) in [5.41, 5.74) is 8.90. The first kappa shape index (κ1) is 17.4. The van der Waals surface area contributed by atoms with Gasteiger partial charge in [-0.3, -0.25) is 9.78 Å². The highest BCUT2D eigenvalue weighted by atomic mass is 16.1. The van der Waals surface area contributed by atoms with Crippen molar-refractivity contribution in [2.75, 3.05) is 0 Å². The normalized spacial score (nSPS) is 19.6. The van der Waals surface area contributed by atoms with Gasteiger partial charge in [0.25, 0.3) is 5.91 Å². The lowest BCUT2D eigenvalue weighted by atomic mass is 9.91. The summed E-state index contributed by atoms with van der Waals surface area (Å²) >= 11 is 0. The molecule has 1 fully saturated rings. The molecule has 27 heavy (non-hydrogen) atoms. The summed E-state index contributed by atoms with van der Waals surface area (Å²) in [4.78, 5) is 17.2. The Labute approximate surface area is 158 Å². The predicted octanol–water partition coefficient (Wildman–Crippen LogP) is 2.93.